The number of nitrogens with zero attached hydrogens (tertiary/aromatic N) is 5. The normalized spacial score (nSPS) is 15.9. The van der Waals surface area contributed by atoms with Crippen LogP contribution in [0.4, 0.5) is 0 Å². The first kappa shape index (κ1) is 21.8. The summed E-state index contributed by atoms with van der Waals surface area (Å²) in [4.78, 5) is 7.36. The highest BCUT2D eigenvalue weighted by atomic mass is 32.2. The molecule has 0 radical (unpaired) electrons. The van der Waals surface area contributed by atoms with E-state index in [1.54, 1.807) is 13.8 Å². The number of para-hydroxylation sites is 2. The van der Waals surface area contributed by atoms with Crippen LogP contribution in [0.1, 0.15) is 22.8 Å². The van der Waals surface area contributed by atoms with Gasteiger partial charge in [-0.15, -0.1) is 0 Å². The highest BCUT2D eigenvalue weighted by Gasteiger charge is 2.33. The van der Waals surface area contributed by atoms with Crippen molar-refractivity contribution >= 4 is 21.1 Å². The van der Waals surface area contributed by atoms with Crippen molar-refractivity contribution in [3.8, 4) is 0 Å². The minimum atomic E-state index is -3.62. The monoisotopic (exact) mass is 465 g/mol. The average molecular weight is 466 g/mol. The molecule has 0 bridgehead atoms. The first-order valence-electron chi connectivity index (χ1n) is 11.1. The Labute approximate surface area is 193 Å². The van der Waals surface area contributed by atoms with Crippen LogP contribution in [0.2, 0.25) is 0 Å². The molecule has 33 heavy (non-hydrogen) atoms. The van der Waals surface area contributed by atoms with E-state index in [1.807, 2.05) is 36.4 Å². The van der Waals surface area contributed by atoms with Crippen LogP contribution in [0.15, 0.2) is 64.0 Å². The van der Waals surface area contributed by atoms with Gasteiger partial charge in [0.2, 0.25) is 10.0 Å². The van der Waals surface area contributed by atoms with E-state index in [2.05, 4.69) is 32.8 Å². The number of sulfonamides is 1. The Bertz CT molecular complexity index is 1350. The van der Waals surface area contributed by atoms with Gasteiger partial charge in [0, 0.05) is 32.7 Å². The second-order valence-electron chi connectivity index (χ2n) is 8.42. The van der Waals surface area contributed by atoms with Crippen molar-refractivity contribution in [1.82, 2.24) is 23.9 Å². The summed E-state index contributed by atoms with van der Waals surface area (Å²) < 4.78 is 35.1. The summed E-state index contributed by atoms with van der Waals surface area (Å²) in [7, 11) is -3.62. The van der Waals surface area contributed by atoms with Crippen LogP contribution in [0.5, 0.6) is 0 Å². The third-order valence-electron chi connectivity index (χ3n) is 6.18. The summed E-state index contributed by atoms with van der Waals surface area (Å²) in [5.74, 6) is 1.33. The zero-order valence-corrected chi connectivity index (χ0v) is 19.6. The zero-order chi connectivity index (χ0) is 23.0. The fourth-order valence-corrected chi connectivity index (χ4v) is 6.20. The second kappa shape index (κ2) is 8.74. The summed E-state index contributed by atoms with van der Waals surface area (Å²) in [6, 6.07) is 18.5. The van der Waals surface area contributed by atoms with E-state index >= 15 is 0 Å². The summed E-state index contributed by atoms with van der Waals surface area (Å²) in [5, 5.41) is 3.81. The average Bonchev–Trinajstić information content (AvgIpc) is 3.34. The largest absolute Gasteiger partial charge is 0.360 e. The van der Waals surface area contributed by atoms with Crippen molar-refractivity contribution in [2.45, 2.75) is 31.8 Å². The Morgan fingerprint density at radius 3 is 2.30 bits per heavy atom. The van der Waals surface area contributed by atoms with Gasteiger partial charge >= 0.3 is 0 Å². The molecule has 1 aliphatic heterocycles. The molecule has 0 aliphatic carbocycles. The van der Waals surface area contributed by atoms with E-state index in [4.69, 9.17) is 9.51 Å². The Morgan fingerprint density at radius 2 is 1.61 bits per heavy atom. The van der Waals surface area contributed by atoms with E-state index in [1.165, 1.54) is 9.87 Å². The number of benzene rings is 2. The third kappa shape index (κ3) is 4.19. The van der Waals surface area contributed by atoms with Crippen molar-refractivity contribution in [2.75, 3.05) is 26.2 Å². The summed E-state index contributed by atoms with van der Waals surface area (Å²) >= 11 is 0. The fourth-order valence-electron chi connectivity index (χ4n) is 4.49. The van der Waals surface area contributed by atoms with Crippen LogP contribution >= 0.6 is 0 Å². The minimum absolute atomic E-state index is 0.195. The smallest absolute Gasteiger partial charge is 0.248 e. The van der Waals surface area contributed by atoms with Gasteiger partial charge in [0.25, 0.3) is 0 Å². The first-order chi connectivity index (χ1) is 15.9. The van der Waals surface area contributed by atoms with Crippen LogP contribution in [0.3, 0.4) is 0 Å². The van der Waals surface area contributed by atoms with Crippen molar-refractivity contribution in [2.24, 2.45) is 0 Å². The Kier molecular flexibility index (Phi) is 5.77. The van der Waals surface area contributed by atoms with Crippen LogP contribution in [-0.2, 0) is 23.1 Å². The molecule has 0 spiro atoms. The van der Waals surface area contributed by atoms with Gasteiger partial charge < -0.3 is 9.09 Å². The molecule has 0 amide bonds. The molecule has 1 aliphatic rings. The topological polar surface area (TPSA) is 84.5 Å². The highest BCUT2D eigenvalue weighted by Crippen LogP contribution is 2.25. The molecule has 2 aromatic heterocycles. The Hall–Kier alpha value is -3.01. The maximum absolute atomic E-state index is 13.1. The van der Waals surface area contributed by atoms with Gasteiger partial charge in [0.15, 0.2) is 5.76 Å². The maximum Gasteiger partial charge on any atom is 0.248 e. The molecule has 0 atom stereocenters. The molecule has 1 fully saturated rings. The molecule has 2 aromatic carbocycles. The third-order valence-corrected chi connectivity index (χ3v) is 8.32. The molecule has 5 rings (SSSR count). The SMILES string of the molecule is Cc1noc(C)c1S(=O)(=O)N1CCN(Cc2nc3ccccc3n2Cc2ccccc2)CC1. The highest BCUT2D eigenvalue weighted by molar-refractivity contribution is 7.89. The quantitative estimate of drug-likeness (QED) is 0.435. The van der Waals surface area contributed by atoms with E-state index < -0.39 is 10.0 Å². The lowest BCUT2D eigenvalue weighted by atomic mass is 10.2. The van der Waals surface area contributed by atoms with Crippen LogP contribution < -0.4 is 0 Å². The van der Waals surface area contributed by atoms with E-state index in [9.17, 15) is 8.42 Å². The Balaban J connectivity index is 1.34. The van der Waals surface area contributed by atoms with Gasteiger partial charge in [-0.25, -0.2) is 13.4 Å². The zero-order valence-electron chi connectivity index (χ0n) is 18.8. The first-order valence-corrected chi connectivity index (χ1v) is 12.5. The number of piperazine rings is 1. The van der Waals surface area contributed by atoms with Crippen LogP contribution in [0, 0.1) is 13.8 Å². The van der Waals surface area contributed by atoms with Crippen molar-refractivity contribution in [1.29, 1.82) is 0 Å². The lowest BCUT2D eigenvalue weighted by molar-refractivity contribution is 0.176. The van der Waals surface area contributed by atoms with Gasteiger partial charge in [0.05, 0.1) is 17.6 Å². The second-order valence-corrected chi connectivity index (χ2v) is 10.3. The molecule has 0 N–H and O–H groups in total. The van der Waals surface area contributed by atoms with Crippen LogP contribution in [0.25, 0.3) is 11.0 Å². The van der Waals surface area contributed by atoms with E-state index in [0.717, 1.165) is 23.4 Å². The summed E-state index contributed by atoms with van der Waals surface area (Å²) in [5.41, 5.74) is 3.71. The molecule has 0 unspecified atom stereocenters. The van der Waals surface area contributed by atoms with Crippen molar-refractivity contribution < 1.29 is 12.9 Å². The van der Waals surface area contributed by atoms with Gasteiger partial charge in [-0.05, 0) is 31.5 Å². The lowest BCUT2D eigenvalue weighted by Crippen LogP contribution is -2.48. The molecule has 4 aromatic rings. The molecular weight excluding hydrogens is 438 g/mol. The molecule has 0 saturated carbocycles. The van der Waals surface area contributed by atoms with Gasteiger partial charge in [-0.2, -0.15) is 4.31 Å². The molecule has 172 valence electrons. The van der Waals surface area contributed by atoms with Crippen molar-refractivity contribution in [3.63, 3.8) is 0 Å². The van der Waals surface area contributed by atoms with Crippen LogP contribution in [-0.4, -0.2) is 58.5 Å². The number of rotatable bonds is 6. The standard InChI is InChI=1S/C24H27N5O3S/c1-18-24(19(2)32-26-18)33(30,31)28-14-12-27(13-15-28)17-23-25-21-10-6-7-11-22(21)29(23)16-20-8-4-3-5-9-20/h3-11H,12-17H2,1-2H3. The van der Waals surface area contributed by atoms with E-state index in [-0.39, 0.29) is 4.90 Å². The summed E-state index contributed by atoms with van der Waals surface area (Å²) in [6.45, 7) is 6.83. The number of aryl methyl sites for hydroxylation is 2. The Morgan fingerprint density at radius 1 is 0.909 bits per heavy atom. The van der Waals surface area contributed by atoms with E-state index in [0.29, 0.717) is 44.2 Å². The predicted octanol–water partition coefficient (Wildman–Crippen LogP) is 3.20. The van der Waals surface area contributed by atoms with Crippen molar-refractivity contribution in [3.05, 3.63) is 77.4 Å². The van der Waals surface area contributed by atoms with Gasteiger partial charge in [-0.3, -0.25) is 4.90 Å². The summed E-state index contributed by atoms with van der Waals surface area (Å²) in [6.07, 6.45) is 0. The molecule has 1 saturated heterocycles. The maximum atomic E-state index is 13.1. The number of hydrogen-bond acceptors (Lipinski definition) is 6. The number of aromatic nitrogens is 3. The predicted molar refractivity (Wildman–Crippen MR) is 125 cm³/mol. The minimum Gasteiger partial charge on any atom is -0.360 e. The number of imidazole rings is 1. The molecular formula is C24H27N5O3S. The molecule has 3 heterocycles. The van der Waals surface area contributed by atoms with Gasteiger partial charge in [0.1, 0.15) is 16.4 Å². The molecule has 8 nitrogen and oxygen atoms in total. The molecule has 9 heteroatoms. The number of hydrogen-bond donors (Lipinski definition) is 0. The lowest BCUT2D eigenvalue weighted by Gasteiger charge is -2.33. The van der Waals surface area contributed by atoms with Gasteiger partial charge in [-0.1, -0.05) is 47.6 Å². The number of fused-ring (bicyclic) bond motifs is 1. The fraction of sp³-hybridized carbons (Fsp3) is 0.333.